The Morgan fingerprint density at radius 2 is 1.85 bits per heavy atom. The van der Waals surface area contributed by atoms with Crippen molar-refractivity contribution in [2.24, 2.45) is 0 Å². The highest BCUT2D eigenvalue weighted by Gasteiger charge is 2.19. The number of carboxylic acids is 1. The van der Waals surface area contributed by atoms with Crippen LogP contribution in [-0.4, -0.2) is 47.9 Å². The van der Waals surface area contributed by atoms with Gasteiger partial charge in [0, 0.05) is 25.2 Å². The second-order valence-corrected chi connectivity index (χ2v) is 4.55. The van der Waals surface area contributed by atoms with Crippen molar-refractivity contribution in [1.82, 2.24) is 10.2 Å². The van der Waals surface area contributed by atoms with E-state index in [-0.39, 0.29) is 17.9 Å². The van der Waals surface area contributed by atoms with Gasteiger partial charge in [-0.05, 0) is 24.6 Å². The lowest BCUT2D eigenvalue weighted by atomic mass is 10.1. The van der Waals surface area contributed by atoms with E-state index in [0.717, 1.165) is 0 Å². The number of hydrogen-bond acceptors (Lipinski definition) is 3. The molecule has 0 heterocycles. The molecule has 0 aliphatic rings. The Labute approximate surface area is 117 Å². The van der Waals surface area contributed by atoms with Gasteiger partial charge >= 0.3 is 5.97 Å². The lowest BCUT2D eigenvalue weighted by Crippen LogP contribution is -2.40. The number of nitrogens with one attached hydrogen (secondary N) is 1. The van der Waals surface area contributed by atoms with Gasteiger partial charge in [0.2, 0.25) is 0 Å². The molecule has 0 radical (unpaired) electrons. The fraction of sp³-hybridized carbons (Fsp3) is 0.357. The predicted molar refractivity (Wildman–Crippen MR) is 73.6 cm³/mol. The summed E-state index contributed by atoms with van der Waals surface area (Å²) in [7, 11) is 3.24. The van der Waals surface area contributed by atoms with Gasteiger partial charge in [-0.25, -0.2) is 4.79 Å². The molecule has 1 atom stereocenters. The normalized spacial score (nSPS) is 11.6. The van der Waals surface area contributed by atoms with E-state index < -0.39 is 17.9 Å². The molecule has 1 aromatic carbocycles. The van der Waals surface area contributed by atoms with Gasteiger partial charge < -0.3 is 15.3 Å². The Hall–Kier alpha value is -2.37. The van der Waals surface area contributed by atoms with E-state index in [0.29, 0.717) is 5.56 Å². The molecule has 0 aromatic heterocycles. The van der Waals surface area contributed by atoms with Crippen LogP contribution in [0.2, 0.25) is 0 Å². The van der Waals surface area contributed by atoms with Crippen LogP contribution in [0, 0.1) is 0 Å². The molecule has 0 spiro atoms. The molecule has 6 heteroatoms. The Kier molecular flexibility index (Phi) is 5.25. The van der Waals surface area contributed by atoms with Crippen LogP contribution in [0.5, 0.6) is 0 Å². The van der Waals surface area contributed by atoms with Gasteiger partial charge in [-0.15, -0.1) is 0 Å². The lowest BCUT2D eigenvalue weighted by molar-refractivity contribution is -0.139. The third-order valence-corrected chi connectivity index (χ3v) is 2.79. The summed E-state index contributed by atoms with van der Waals surface area (Å²) < 4.78 is 0. The van der Waals surface area contributed by atoms with Gasteiger partial charge in [0.15, 0.2) is 0 Å². The molecule has 0 aliphatic heterocycles. The third-order valence-electron chi connectivity index (χ3n) is 2.79. The van der Waals surface area contributed by atoms with Crippen molar-refractivity contribution < 1.29 is 19.5 Å². The highest BCUT2D eigenvalue weighted by atomic mass is 16.4. The van der Waals surface area contributed by atoms with Crippen LogP contribution in [0.3, 0.4) is 0 Å². The monoisotopic (exact) mass is 278 g/mol. The van der Waals surface area contributed by atoms with Crippen LogP contribution in [0.4, 0.5) is 0 Å². The summed E-state index contributed by atoms with van der Waals surface area (Å²) in [6.07, 6.45) is 0.289. The van der Waals surface area contributed by atoms with Crippen molar-refractivity contribution in [3.8, 4) is 0 Å². The number of nitrogens with zero attached hydrogens (tertiary/aromatic N) is 1. The minimum Gasteiger partial charge on any atom is -0.480 e. The summed E-state index contributed by atoms with van der Waals surface area (Å²) in [6.45, 7) is 1.67. The average molecular weight is 278 g/mol. The Morgan fingerprint density at radius 3 is 2.35 bits per heavy atom. The van der Waals surface area contributed by atoms with E-state index in [1.54, 1.807) is 33.2 Å². The van der Waals surface area contributed by atoms with E-state index in [1.165, 1.54) is 17.0 Å². The summed E-state index contributed by atoms with van der Waals surface area (Å²) in [6, 6.07) is 5.25. The number of carbonyl (C=O) groups is 3. The molecule has 1 rings (SSSR count). The Balaban J connectivity index is 2.92. The standard InChI is InChI=1S/C14H18N2O4/c1-4-11(14(19)20)15-12(17)9-6-5-7-10(8-9)13(18)16(2)3/h5-8,11H,4H2,1-3H3,(H,15,17)(H,19,20). The van der Waals surface area contributed by atoms with Crippen LogP contribution < -0.4 is 5.32 Å². The number of aliphatic carboxylic acids is 1. The number of carbonyl (C=O) groups excluding carboxylic acids is 2. The summed E-state index contributed by atoms with van der Waals surface area (Å²) in [5.74, 6) is -1.81. The maximum absolute atomic E-state index is 12.0. The van der Waals surface area contributed by atoms with Crippen LogP contribution in [0.15, 0.2) is 24.3 Å². The minimum absolute atomic E-state index is 0.218. The smallest absolute Gasteiger partial charge is 0.326 e. The van der Waals surface area contributed by atoms with Gasteiger partial charge in [-0.2, -0.15) is 0 Å². The van der Waals surface area contributed by atoms with E-state index >= 15 is 0 Å². The SMILES string of the molecule is CCC(NC(=O)c1cccc(C(=O)N(C)C)c1)C(=O)O. The number of amides is 2. The number of hydrogen-bond donors (Lipinski definition) is 2. The molecule has 0 saturated heterocycles. The molecule has 108 valence electrons. The summed E-state index contributed by atoms with van der Waals surface area (Å²) >= 11 is 0. The zero-order chi connectivity index (χ0) is 15.3. The van der Waals surface area contributed by atoms with Crippen LogP contribution in [0.1, 0.15) is 34.1 Å². The molecular formula is C14H18N2O4. The van der Waals surface area contributed by atoms with Gasteiger partial charge in [-0.1, -0.05) is 13.0 Å². The van der Waals surface area contributed by atoms with Gasteiger partial charge in [0.25, 0.3) is 11.8 Å². The maximum atomic E-state index is 12.0. The van der Waals surface area contributed by atoms with Gasteiger partial charge in [0.05, 0.1) is 0 Å². The lowest BCUT2D eigenvalue weighted by Gasteiger charge is -2.14. The Bertz CT molecular complexity index is 526. The first kappa shape index (κ1) is 15.7. The molecule has 1 aromatic rings. The van der Waals surface area contributed by atoms with E-state index in [1.807, 2.05) is 0 Å². The first-order valence-corrected chi connectivity index (χ1v) is 6.22. The van der Waals surface area contributed by atoms with Crippen molar-refractivity contribution >= 4 is 17.8 Å². The molecule has 2 N–H and O–H groups in total. The molecule has 0 fully saturated rings. The predicted octanol–water partition coefficient (Wildman–Crippen LogP) is 0.981. The second-order valence-electron chi connectivity index (χ2n) is 4.55. The van der Waals surface area contributed by atoms with Gasteiger partial charge in [0.1, 0.15) is 6.04 Å². The molecular weight excluding hydrogens is 260 g/mol. The summed E-state index contributed by atoms with van der Waals surface area (Å²) in [5.41, 5.74) is 0.642. The highest BCUT2D eigenvalue weighted by molar-refractivity contribution is 6.00. The first-order chi connectivity index (χ1) is 9.36. The zero-order valence-corrected chi connectivity index (χ0v) is 11.7. The molecule has 0 aliphatic carbocycles. The number of carboxylic acid groups (broad SMARTS) is 1. The fourth-order valence-corrected chi connectivity index (χ4v) is 1.63. The van der Waals surface area contributed by atoms with Crippen molar-refractivity contribution in [2.45, 2.75) is 19.4 Å². The molecule has 6 nitrogen and oxygen atoms in total. The molecule has 0 bridgehead atoms. The first-order valence-electron chi connectivity index (χ1n) is 6.22. The molecule has 1 unspecified atom stereocenters. The van der Waals surface area contributed by atoms with Crippen LogP contribution >= 0.6 is 0 Å². The fourth-order valence-electron chi connectivity index (χ4n) is 1.63. The van der Waals surface area contributed by atoms with E-state index in [9.17, 15) is 14.4 Å². The van der Waals surface area contributed by atoms with Crippen LogP contribution in [0.25, 0.3) is 0 Å². The van der Waals surface area contributed by atoms with E-state index in [4.69, 9.17) is 5.11 Å². The maximum Gasteiger partial charge on any atom is 0.326 e. The highest BCUT2D eigenvalue weighted by Crippen LogP contribution is 2.08. The van der Waals surface area contributed by atoms with Crippen molar-refractivity contribution in [3.05, 3.63) is 35.4 Å². The second kappa shape index (κ2) is 6.70. The summed E-state index contributed by atoms with van der Waals surface area (Å²) in [4.78, 5) is 36.1. The molecule has 2 amide bonds. The molecule has 0 saturated carbocycles. The van der Waals surface area contributed by atoms with Crippen molar-refractivity contribution in [3.63, 3.8) is 0 Å². The number of rotatable bonds is 5. The van der Waals surface area contributed by atoms with Crippen molar-refractivity contribution in [2.75, 3.05) is 14.1 Å². The quantitative estimate of drug-likeness (QED) is 0.840. The minimum atomic E-state index is -1.08. The molecule has 20 heavy (non-hydrogen) atoms. The third kappa shape index (κ3) is 3.81. The topological polar surface area (TPSA) is 86.7 Å². The van der Waals surface area contributed by atoms with Crippen molar-refractivity contribution in [1.29, 1.82) is 0 Å². The van der Waals surface area contributed by atoms with E-state index in [2.05, 4.69) is 5.32 Å². The van der Waals surface area contributed by atoms with Gasteiger partial charge in [-0.3, -0.25) is 9.59 Å². The zero-order valence-electron chi connectivity index (χ0n) is 11.7. The Morgan fingerprint density at radius 1 is 1.25 bits per heavy atom. The number of benzene rings is 1. The largest absolute Gasteiger partial charge is 0.480 e. The summed E-state index contributed by atoms with van der Waals surface area (Å²) in [5, 5.41) is 11.3. The van der Waals surface area contributed by atoms with Crippen LogP contribution in [-0.2, 0) is 4.79 Å². The average Bonchev–Trinajstić information content (AvgIpc) is 2.43.